The highest BCUT2D eigenvalue weighted by Gasteiger charge is 2.25. The number of phenols is 1. The maximum Gasteiger partial charge on any atom is 0.123 e. The van der Waals surface area contributed by atoms with Gasteiger partial charge in [0.15, 0.2) is 0 Å². The molecule has 0 saturated carbocycles. The van der Waals surface area contributed by atoms with Gasteiger partial charge in [0.1, 0.15) is 5.75 Å². The molecule has 0 heterocycles. The second-order valence-electron chi connectivity index (χ2n) is 9.60. The van der Waals surface area contributed by atoms with Gasteiger partial charge in [-0.1, -0.05) is 103 Å². The van der Waals surface area contributed by atoms with E-state index in [9.17, 15) is 5.11 Å². The maximum atomic E-state index is 10.4. The van der Waals surface area contributed by atoms with E-state index < -0.39 is 0 Å². The molecule has 0 aliphatic carbocycles. The number of hydrogen-bond acceptors (Lipinski definition) is 2. The summed E-state index contributed by atoms with van der Waals surface area (Å²) < 4.78 is 5.46. The highest BCUT2D eigenvalue weighted by Crippen LogP contribution is 2.39. The van der Waals surface area contributed by atoms with E-state index in [0.717, 1.165) is 30.8 Å². The molecule has 28 heavy (non-hydrogen) atoms. The standard InChI is InChI=1S/C15H24O.C11H16O/c1-10-8-11(14(2,3)4)13(16)12(9-10)15(5,6)7;1-2-3-9-12-10-11-7-5-4-6-8-11/h8-9,16H,1-7H3;4-8H,2-3,9-10H2,1H3. The van der Waals surface area contributed by atoms with Gasteiger partial charge < -0.3 is 9.84 Å². The van der Waals surface area contributed by atoms with Gasteiger partial charge in [0.05, 0.1) is 6.61 Å². The average Bonchev–Trinajstić information content (AvgIpc) is 2.60. The molecule has 2 aromatic rings. The minimum absolute atomic E-state index is 0.0178. The van der Waals surface area contributed by atoms with Gasteiger partial charge in [0, 0.05) is 6.61 Å². The number of benzene rings is 2. The lowest BCUT2D eigenvalue weighted by molar-refractivity contribution is 0.118. The van der Waals surface area contributed by atoms with Crippen molar-refractivity contribution in [2.75, 3.05) is 6.61 Å². The molecule has 0 atom stereocenters. The van der Waals surface area contributed by atoms with E-state index >= 15 is 0 Å². The largest absolute Gasteiger partial charge is 0.507 e. The van der Waals surface area contributed by atoms with E-state index in [1.807, 2.05) is 18.2 Å². The lowest BCUT2D eigenvalue weighted by atomic mass is 9.78. The van der Waals surface area contributed by atoms with Gasteiger partial charge in [0.2, 0.25) is 0 Å². The van der Waals surface area contributed by atoms with E-state index in [-0.39, 0.29) is 10.8 Å². The van der Waals surface area contributed by atoms with Gasteiger partial charge >= 0.3 is 0 Å². The van der Waals surface area contributed by atoms with Crippen molar-refractivity contribution in [3.8, 4) is 5.75 Å². The Morgan fingerprint density at radius 1 is 0.857 bits per heavy atom. The zero-order valence-electron chi connectivity index (χ0n) is 19.2. The monoisotopic (exact) mass is 384 g/mol. The number of phenolic OH excluding ortho intramolecular Hbond substituents is 1. The minimum atomic E-state index is -0.0178. The molecule has 2 aromatic carbocycles. The van der Waals surface area contributed by atoms with Crippen LogP contribution in [0.1, 0.15) is 83.6 Å². The van der Waals surface area contributed by atoms with Gasteiger partial charge in [-0.05, 0) is 40.9 Å². The van der Waals surface area contributed by atoms with Crippen LogP contribution < -0.4 is 0 Å². The third kappa shape index (κ3) is 8.06. The number of ether oxygens (including phenoxy) is 1. The van der Waals surface area contributed by atoms with E-state index in [1.165, 1.54) is 17.5 Å². The molecule has 0 aliphatic rings. The van der Waals surface area contributed by atoms with Crippen LogP contribution in [-0.2, 0) is 22.2 Å². The Labute approximate surface area is 173 Å². The quantitative estimate of drug-likeness (QED) is 0.548. The highest BCUT2D eigenvalue weighted by molar-refractivity contribution is 5.49. The smallest absolute Gasteiger partial charge is 0.123 e. The average molecular weight is 385 g/mol. The first-order valence-corrected chi connectivity index (χ1v) is 10.4. The van der Waals surface area contributed by atoms with Crippen LogP contribution >= 0.6 is 0 Å². The van der Waals surface area contributed by atoms with Crippen molar-refractivity contribution in [1.82, 2.24) is 0 Å². The summed E-state index contributed by atoms with van der Waals surface area (Å²) in [5.74, 6) is 0.464. The van der Waals surface area contributed by atoms with E-state index in [0.29, 0.717) is 5.75 Å². The molecule has 0 fully saturated rings. The van der Waals surface area contributed by atoms with Crippen LogP contribution in [0.4, 0.5) is 0 Å². The van der Waals surface area contributed by atoms with Gasteiger partial charge in [-0.2, -0.15) is 0 Å². The second kappa shape index (κ2) is 10.7. The number of aromatic hydroxyl groups is 1. The molecule has 2 heteroatoms. The van der Waals surface area contributed by atoms with Gasteiger partial charge in [-0.25, -0.2) is 0 Å². The molecule has 2 nitrogen and oxygen atoms in total. The first kappa shape index (κ1) is 24.2. The third-order valence-corrected chi connectivity index (χ3v) is 4.62. The molecule has 0 aromatic heterocycles. The molecule has 156 valence electrons. The Balaban J connectivity index is 0.000000292. The summed E-state index contributed by atoms with van der Waals surface area (Å²) in [7, 11) is 0. The normalized spacial score (nSPS) is 11.7. The van der Waals surface area contributed by atoms with Crippen LogP contribution in [-0.4, -0.2) is 11.7 Å². The summed E-state index contributed by atoms with van der Waals surface area (Å²) in [5.41, 5.74) is 4.52. The molecule has 0 radical (unpaired) electrons. The summed E-state index contributed by atoms with van der Waals surface area (Å²) in [4.78, 5) is 0. The van der Waals surface area contributed by atoms with Crippen molar-refractivity contribution in [3.05, 3.63) is 64.7 Å². The van der Waals surface area contributed by atoms with Crippen LogP contribution in [0.5, 0.6) is 5.75 Å². The first-order chi connectivity index (χ1) is 13.0. The minimum Gasteiger partial charge on any atom is -0.507 e. The summed E-state index contributed by atoms with van der Waals surface area (Å²) >= 11 is 0. The zero-order valence-corrected chi connectivity index (χ0v) is 19.2. The lowest BCUT2D eigenvalue weighted by Crippen LogP contribution is -2.17. The molecule has 2 rings (SSSR count). The fraction of sp³-hybridized carbons (Fsp3) is 0.538. The maximum absolute atomic E-state index is 10.4. The van der Waals surface area contributed by atoms with Crippen molar-refractivity contribution in [2.45, 2.75) is 85.7 Å². The molecule has 0 saturated heterocycles. The summed E-state index contributed by atoms with van der Waals surface area (Å²) in [6.45, 7) is 18.7. The number of aryl methyl sites for hydroxylation is 1. The summed E-state index contributed by atoms with van der Waals surface area (Å²) in [5, 5.41) is 10.4. The fourth-order valence-corrected chi connectivity index (χ4v) is 2.93. The van der Waals surface area contributed by atoms with Crippen LogP contribution in [0.25, 0.3) is 0 Å². The number of unbranched alkanes of at least 4 members (excludes halogenated alkanes) is 1. The molecule has 0 spiro atoms. The summed E-state index contributed by atoms with van der Waals surface area (Å²) in [6, 6.07) is 14.5. The van der Waals surface area contributed by atoms with Gasteiger partial charge in [-0.15, -0.1) is 0 Å². The lowest BCUT2D eigenvalue weighted by Gasteiger charge is -2.27. The van der Waals surface area contributed by atoms with Crippen LogP contribution in [0.15, 0.2) is 42.5 Å². The Hall–Kier alpha value is -1.80. The van der Waals surface area contributed by atoms with E-state index in [4.69, 9.17) is 4.74 Å². The predicted octanol–water partition coefficient (Wildman–Crippen LogP) is 7.30. The van der Waals surface area contributed by atoms with Gasteiger partial charge in [0.25, 0.3) is 0 Å². The number of rotatable bonds is 5. The topological polar surface area (TPSA) is 29.5 Å². The highest BCUT2D eigenvalue weighted by atomic mass is 16.5. The van der Waals surface area contributed by atoms with E-state index in [1.54, 1.807) is 0 Å². The molecule has 0 amide bonds. The summed E-state index contributed by atoms with van der Waals surface area (Å²) in [6.07, 6.45) is 2.36. The Kier molecular flexibility index (Phi) is 9.23. The van der Waals surface area contributed by atoms with Crippen molar-refractivity contribution >= 4 is 0 Å². The molecular weight excluding hydrogens is 344 g/mol. The molecule has 0 unspecified atom stereocenters. The Bertz CT molecular complexity index is 668. The first-order valence-electron chi connectivity index (χ1n) is 10.4. The van der Waals surface area contributed by atoms with Crippen molar-refractivity contribution in [2.24, 2.45) is 0 Å². The number of hydrogen-bond donors (Lipinski definition) is 1. The zero-order chi connectivity index (χ0) is 21.4. The Morgan fingerprint density at radius 3 is 1.79 bits per heavy atom. The fourth-order valence-electron chi connectivity index (χ4n) is 2.93. The van der Waals surface area contributed by atoms with Crippen molar-refractivity contribution in [3.63, 3.8) is 0 Å². The van der Waals surface area contributed by atoms with Crippen molar-refractivity contribution in [1.29, 1.82) is 0 Å². The van der Waals surface area contributed by atoms with Crippen LogP contribution in [0.3, 0.4) is 0 Å². The van der Waals surface area contributed by atoms with E-state index in [2.05, 4.69) is 79.7 Å². The molecular formula is C26H40O2. The van der Waals surface area contributed by atoms with Crippen LogP contribution in [0, 0.1) is 6.92 Å². The van der Waals surface area contributed by atoms with Gasteiger partial charge in [-0.3, -0.25) is 0 Å². The molecule has 0 aliphatic heterocycles. The SMILES string of the molecule is CCCCOCc1ccccc1.Cc1cc(C(C)(C)C)c(O)c(C(C)(C)C)c1. The third-order valence-electron chi connectivity index (χ3n) is 4.62. The second-order valence-corrected chi connectivity index (χ2v) is 9.60. The molecule has 1 N–H and O–H groups in total. The van der Waals surface area contributed by atoms with Crippen molar-refractivity contribution < 1.29 is 9.84 Å². The Morgan fingerprint density at radius 2 is 1.36 bits per heavy atom. The predicted molar refractivity (Wildman–Crippen MR) is 121 cm³/mol. The molecule has 0 bridgehead atoms. The van der Waals surface area contributed by atoms with Crippen LogP contribution in [0.2, 0.25) is 0 Å².